The number of ketones is 1. The number of aliphatic imine (C=N–C) groups is 1. The number of benzene rings is 1. The second-order valence-electron chi connectivity index (χ2n) is 6.78. The second-order valence-corrected chi connectivity index (χ2v) is 6.78. The zero-order valence-electron chi connectivity index (χ0n) is 14.8. The van der Waals surface area contributed by atoms with Crippen LogP contribution in [0, 0.1) is 6.92 Å². The molecule has 2 aliphatic rings. The van der Waals surface area contributed by atoms with E-state index in [1.54, 1.807) is 17.8 Å². The number of aryl methyl sites for hydroxylation is 1. The molecule has 0 spiro atoms. The number of aromatic nitrogens is 2. The highest BCUT2D eigenvalue weighted by atomic mass is 16.1. The topological polar surface area (TPSA) is 76.3 Å². The largest absolute Gasteiger partial charge is 0.345 e. The first-order valence-electron chi connectivity index (χ1n) is 8.75. The molecule has 0 fully saturated rings. The summed E-state index contributed by atoms with van der Waals surface area (Å²) in [5.41, 5.74) is 4.34. The quantitative estimate of drug-likeness (QED) is 0.906. The van der Waals surface area contributed by atoms with Gasteiger partial charge in [-0.25, -0.2) is 9.67 Å². The minimum atomic E-state index is -0.148. The molecule has 6 nitrogen and oxygen atoms in total. The number of nitrogens with zero attached hydrogens (tertiary/aromatic N) is 3. The van der Waals surface area contributed by atoms with E-state index in [0.29, 0.717) is 22.8 Å². The number of carbonyl (C=O) groups is 2. The smallest absolute Gasteiger partial charge is 0.255 e. The van der Waals surface area contributed by atoms with Crippen LogP contribution in [-0.2, 0) is 11.2 Å². The summed E-state index contributed by atoms with van der Waals surface area (Å²) in [7, 11) is 0. The van der Waals surface area contributed by atoms with Crippen LogP contribution in [0.1, 0.15) is 53.0 Å². The zero-order valence-corrected chi connectivity index (χ0v) is 14.8. The van der Waals surface area contributed by atoms with Gasteiger partial charge in [-0.15, -0.1) is 0 Å². The highest BCUT2D eigenvalue weighted by Crippen LogP contribution is 2.31. The predicted octanol–water partition coefficient (Wildman–Crippen LogP) is 2.73. The van der Waals surface area contributed by atoms with Gasteiger partial charge in [0.15, 0.2) is 5.78 Å². The number of allylic oxidation sites excluding steroid dienone is 2. The van der Waals surface area contributed by atoms with E-state index in [4.69, 9.17) is 0 Å². The summed E-state index contributed by atoms with van der Waals surface area (Å²) in [6.07, 6.45) is 5.14. The van der Waals surface area contributed by atoms with Crippen molar-refractivity contribution >= 4 is 17.5 Å². The van der Waals surface area contributed by atoms with Gasteiger partial charge in [-0.2, -0.15) is 5.10 Å². The zero-order chi connectivity index (χ0) is 18.3. The van der Waals surface area contributed by atoms with E-state index in [-0.39, 0.29) is 24.2 Å². The Balaban J connectivity index is 1.56. The molecule has 6 heteroatoms. The Morgan fingerprint density at radius 3 is 2.88 bits per heavy atom. The van der Waals surface area contributed by atoms with Gasteiger partial charge >= 0.3 is 0 Å². The van der Waals surface area contributed by atoms with E-state index >= 15 is 0 Å². The van der Waals surface area contributed by atoms with Crippen LogP contribution < -0.4 is 5.32 Å². The number of rotatable bonds is 2. The average molecular weight is 348 g/mol. The SMILES string of the molecule is CC1=CC(=O)CC(n2ncc(C(=O)NC3CCc4ccccc43)c2C)=N1. The molecule has 0 saturated carbocycles. The number of nitrogens with one attached hydrogen (secondary N) is 1. The Hall–Kier alpha value is -3.02. The first-order valence-corrected chi connectivity index (χ1v) is 8.75. The molecule has 2 aromatic rings. The number of hydrogen-bond donors (Lipinski definition) is 1. The minimum Gasteiger partial charge on any atom is -0.345 e. The molecule has 1 unspecified atom stereocenters. The summed E-state index contributed by atoms with van der Waals surface area (Å²) in [6.45, 7) is 3.60. The van der Waals surface area contributed by atoms with Crippen LogP contribution in [0.25, 0.3) is 0 Å². The van der Waals surface area contributed by atoms with Gasteiger partial charge in [0.05, 0.1) is 29.9 Å². The van der Waals surface area contributed by atoms with Crippen LogP contribution in [0.2, 0.25) is 0 Å². The lowest BCUT2D eigenvalue weighted by Crippen LogP contribution is -2.28. The first kappa shape index (κ1) is 16.4. The third kappa shape index (κ3) is 2.87. The van der Waals surface area contributed by atoms with Crippen molar-refractivity contribution in [1.29, 1.82) is 0 Å². The van der Waals surface area contributed by atoms with E-state index < -0.39 is 0 Å². The van der Waals surface area contributed by atoms with Crippen molar-refractivity contribution < 1.29 is 9.59 Å². The normalized spacial score (nSPS) is 19.0. The first-order chi connectivity index (χ1) is 12.5. The minimum absolute atomic E-state index is 0.00374. The maximum atomic E-state index is 12.8. The van der Waals surface area contributed by atoms with Crippen molar-refractivity contribution in [2.45, 2.75) is 39.2 Å². The molecular formula is C20H20N4O2. The Morgan fingerprint density at radius 2 is 2.08 bits per heavy atom. The van der Waals surface area contributed by atoms with Gasteiger partial charge in [0, 0.05) is 11.8 Å². The van der Waals surface area contributed by atoms with E-state index in [0.717, 1.165) is 12.8 Å². The standard InChI is InChI=1S/C20H20N4O2/c1-12-9-15(25)10-19(22-12)24-13(2)17(11-21-24)20(26)23-18-8-7-14-5-3-4-6-16(14)18/h3-6,9,11,18H,7-8,10H2,1-2H3,(H,23,26). The van der Waals surface area contributed by atoms with E-state index in [9.17, 15) is 9.59 Å². The third-order valence-electron chi connectivity index (χ3n) is 4.94. The van der Waals surface area contributed by atoms with E-state index in [2.05, 4.69) is 27.5 Å². The summed E-state index contributed by atoms with van der Waals surface area (Å²) in [6, 6.07) is 8.24. The fourth-order valence-electron chi connectivity index (χ4n) is 3.67. The third-order valence-corrected chi connectivity index (χ3v) is 4.94. The molecule has 132 valence electrons. The van der Waals surface area contributed by atoms with Gasteiger partial charge in [0.2, 0.25) is 0 Å². The van der Waals surface area contributed by atoms with Crippen molar-refractivity contribution in [2.24, 2.45) is 4.99 Å². The lowest BCUT2D eigenvalue weighted by atomic mass is 10.1. The summed E-state index contributed by atoms with van der Waals surface area (Å²) >= 11 is 0. The Bertz CT molecular complexity index is 968. The molecule has 2 heterocycles. The second kappa shape index (κ2) is 6.37. The van der Waals surface area contributed by atoms with Crippen LogP contribution in [0.5, 0.6) is 0 Å². The molecule has 1 aromatic carbocycles. The summed E-state index contributed by atoms with van der Waals surface area (Å²) < 4.78 is 1.59. The van der Waals surface area contributed by atoms with Crippen molar-refractivity contribution in [3.8, 4) is 0 Å². The van der Waals surface area contributed by atoms with Crippen molar-refractivity contribution in [2.75, 3.05) is 0 Å². The fourth-order valence-corrected chi connectivity index (χ4v) is 3.67. The molecule has 1 aromatic heterocycles. The van der Waals surface area contributed by atoms with Gasteiger partial charge in [-0.3, -0.25) is 9.59 Å². The van der Waals surface area contributed by atoms with Crippen molar-refractivity contribution in [3.63, 3.8) is 0 Å². The highest BCUT2D eigenvalue weighted by molar-refractivity contribution is 6.09. The molecule has 26 heavy (non-hydrogen) atoms. The van der Waals surface area contributed by atoms with Gasteiger partial charge in [0.25, 0.3) is 5.91 Å². The van der Waals surface area contributed by atoms with Crippen molar-refractivity contribution in [3.05, 3.63) is 64.6 Å². The van der Waals surface area contributed by atoms with Crippen LogP contribution in [0.4, 0.5) is 0 Å². The Morgan fingerprint density at radius 1 is 1.27 bits per heavy atom. The molecule has 0 saturated heterocycles. The molecular weight excluding hydrogens is 328 g/mol. The van der Waals surface area contributed by atoms with Gasteiger partial charge < -0.3 is 5.32 Å². The fraction of sp³-hybridized carbons (Fsp3) is 0.300. The van der Waals surface area contributed by atoms with Gasteiger partial charge in [-0.1, -0.05) is 24.3 Å². The molecule has 1 aliphatic heterocycles. The molecule has 1 aliphatic carbocycles. The lowest BCUT2D eigenvalue weighted by molar-refractivity contribution is -0.113. The van der Waals surface area contributed by atoms with Crippen molar-refractivity contribution in [1.82, 2.24) is 15.1 Å². The van der Waals surface area contributed by atoms with E-state index in [1.165, 1.54) is 17.2 Å². The monoisotopic (exact) mass is 348 g/mol. The average Bonchev–Trinajstić information content (AvgIpc) is 3.18. The molecule has 1 N–H and O–H groups in total. The predicted molar refractivity (Wildman–Crippen MR) is 98.1 cm³/mol. The van der Waals surface area contributed by atoms with Crippen LogP contribution in [-0.4, -0.2) is 27.3 Å². The Labute approximate surface area is 151 Å². The summed E-state index contributed by atoms with van der Waals surface area (Å²) in [5, 5.41) is 7.41. The molecule has 0 bridgehead atoms. The van der Waals surface area contributed by atoms with Crippen LogP contribution in [0.3, 0.4) is 0 Å². The molecule has 1 amide bonds. The number of fused-ring (bicyclic) bond motifs is 1. The highest BCUT2D eigenvalue weighted by Gasteiger charge is 2.26. The number of hydrogen-bond acceptors (Lipinski definition) is 4. The van der Waals surface area contributed by atoms with Crippen LogP contribution >= 0.6 is 0 Å². The summed E-state index contributed by atoms with van der Waals surface area (Å²) in [5.74, 6) is 0.402. The van der Waals surface area contributed by atoms with Gasteiger partial charge in [-0.05, 0) is 37.8 Å². The molecule has 4 rings (SSSR count). The molecule has 1 atom stereocenters. The maximum Gasteiger partial charge on any atom is 0.255 e. The maximum absolute atomic E-state index is 12.8. The van der Waals surface area contributed by atoms with Crippen LogP contribution in [0.15, 0.2) is 47.2 Å². The Kier molecular flexibility index (Phi) is 4.03. The summed E-state index contributed by atoms with van der Waals surface area (Å²) in [4.78, 5) is 28.9. The number of carbonyl (C=O) groups excluding carboxylic acids is 2. The number of amides is 1. The lowest BCUT2D eigenvalue weighted by Gasteiger charge is -2.14. The van der Waals surface area contributed by atoms with Gasteiger partial charge in [0.1, 0.15) is 5.84 Å². The molecule has 0 radical (unpaired) electrons. The van der Waals surface area contributed by atoms with E-state index in [1.807, 2.05) is 19.1 Å².